The van der Waals surface area contributed by atoms with Crippen LogP contribution in [0.3, 0.4) is 0 Å². The molecule has 30 heavy (non-hydrogen) atoms. The molecule has 0 aliphatic rings. The largest absolute Gasteiger partial charge is 0.325 e. The van der Waals surface area contributed by atoms with Crippen molar-refractivity contribution in [3.05, 3.63) is 82.2 Å². The molecule has 0 aliphatic heterocycles. The molecule has 11 heteroatoms. The molecular formula is C19H13F3N6O2. The van der Waals surface area contributed by atoms with Gasteiger partial charge in [-0.3, -0.25) is 14.2 Å². The second-order valence-electron chi connectivity index (χ2n) is 6.43. The lowest BCUT2D eigenvalue weighted by atomic mass is 10.2. The number of rotatable bonds is 5. The van der Waals surface area contributed by atoms with Crippen LogP contribution in [0.2, 0.25) is 0 Å². The molecule has 8 nitrogen and oxygen atoms in total. The van der Waals surface area contributed by atoms with E-state index in [0.717, 1.165) is 29.1 Å². The average molecular weight is 414 g/mol. The van der Waals surface area contributed by atoms with Crippen molar-refractivity contribution in [2.75, 3.05) is 5.32 Å². The molecule has 2 heterocycles. The van der Waals surface area contributed by atoms with Crippen LogP contribution in [0, 0.1) is 17.5 Å². The number of hydrogen-bond donors (Lipinski definition) is 1. The summed E-state index contributed by atoms with van der Waals surface area (Å²) in [6.45, 7) is -0.395. The summed E-state index contributed by atoms with van der Waals surface area (Å²) in [6, 6.07) is 8.18. The van der Waals surface area contributed by atoms with E-state index >= 15 is 0 Å². The molecule has 0 saturated carbocycles. The first-order valence-corrected chi connectivity index (χ1v) is 8.68. The molecule has 2 aromatic carbocycles. The highest BCUT2D eigenvalue weighted by Crippen LogP contribution is 2.12. The molecule has 4 rings (SSSR count). The molecule has 0 unspecified atom stereocenters. The maximum absolute atomic E-state index is 13.4. The number of halogens is 3. The summed E-state index contributed by atoms with van der Waals surface area (Å²) in [6.07, 6.45) is 1.15. The molecule has 0 aliphatic carbocycles. The molecule has 2 aromatic heterocycles. The molecule has 0 bridgehead atoms. The number of fused-ring (bicyclic) bond motifs is 1. The molecule has 1 N–H and O–H groups in total. The Balaban J connectivity index is 1.55. The number of benzene rings is 2. The fourth-order valence-electron chi connectivity index (χ4n) is 2.87. The van der Waals surface area contributed by atoms with Gasteiger partial charge in [0.2, 0.25) is 5.91 Å². The molecule has 0 atom stereocenters. The molecule has 4 aromatic rings. The number of carbonyl (C=O) groups excluding carboxylic acids is 1. The van der Waals surface area contributed by atoms with Gasteiger partial charge in [0.1, 0.15) is 30.3 Å². The highest BCUT2D eigenvalue weighted by atomic mass is 19.1. The van der Waals surface area contributed by atoms with Gasteiger partial charge in [-0.1, -0.05) is 5.21 Å². The van der Waals surface area contributed by atoms with Crippen LogP contribution < -0.4 is 10.9 Å². The number of hydrogen-bond acceptors (Lipinski definition) is 5. The van der Waals surface area contributed by atoms with Crippen molar-refractivity contribution < 1.29 is 18.0 Å². The van der Waals surface area contributed by atoms with Crippen LogP contribution in [0.1, 0.15) is 5.56 Å². The SMILES string of the molecule is O=C(Cn1cnc2c(nnn2Cc2cc(F)cc(F)c2)c1=O)Nc1ccc(F)cc1. The van der Waals surface area contributed by atoms with Gasteiger partial charge in [0.25, 0.3) is 5.56 Å². The first kappa shape index (κ1) is 19.3. The molecule has 0 saturated heterocycles. The Labute approximate surface area is 166 Å². The van der Waals surface area contributed by atoms with Crippen molar-refractivity contribution in [2.24, 2.45) is 0 Å². The highest BCUT2D eigenvalue weighted by Gasteiger charge is 2.15. The second kappa shape index (κ2) is 7.78. The number of aromatic nitrogens is 5. The zero-order valence-electron chi connectivity index (χ0n) is 15.2. The van der Waals surface area contributed by atoms with Crippen LogP contribution in [-0.2, 0) is 17.9 Å². The van der Waals surface area contributed by atoms with Crippen LogP contribution in [0.4, 0.5) is 18.9 Å². The molecule has 0 radical (unpaired) electrons. The predicted octanol–water partition coefficient (Wildman–Crippen LogP) is 2.09. The van der Waals surface area contributed by atoms with Crippen molar-refractivity contribution in [1.82, 2.24) is 24.5 Å². The van der Waals surface area contributed by atoms with Crippen LogP contribution in [-0.4, -0.2) is 30.5 Å². The van der Waals surface area contributed by atoms with Crippen molar-refractivity contribution in [2.45, 2.75) is 13.1 Å². The molecule has 0 spiro atoms. The number of nitrogens with one attached hydrogen (secondary N) is 1. The normalized spacial score (nSPS) is 11.0. The number of amides is 1. The van der Waals surface area contributed by atoms with Gasteiger partial charge in [-0.25, -0.2) is 22.8 Å². The summed E-state index contributed by atoms with van der Waals surface area (Å²) < 4.78 is 42.0. The van der Waals surface area contributed by atoms with Gasteiger partial charge >= 0.3 is 0 Å². The Morgan fingerprint density at radius 3 is 2.40 bits per heavy atom. The standard InChI is InChI=1S/C19H13F3N6O2/c20-12-1-3-15(4-2-12)24-16(29)9-27-10-23-18-17(19(27)30)25-26-28(18)8-11-5-13(21)7-14(22)6-11/h1-7,10H,8-9H2,(H,24,29). The number of nitrogens with zero attached hydrogens (tertiary/aromatic N) is 5. The third-order valence-electron chi connectivity index (χ3n) is 4.19. The summed E-state index contributed by atoms with van der Waals surface area (Å²) in [5, 5.41) is 10.1. The minimum atomic E-state index is -0.739. The first-order valence-electron chi connectivity index (χ1n) is 8.68. The molecule has 0 fully saturated rings. The third-order valence-corrected chi connectivity index (χ3v) is 4.19. The summed E-state index contributed by atoms with van der Waals surface area (Å²) in [4.78, 5) is 28.9. The van der Waals surface area contributed by atoms with E-state index in [2.05, 4.69) is 20.6 Å². The monoisotopic (exact) mass is 414 g/mol. The zero-order valence-corrected chi connectivity index (χ0v) is 15.2. The van der Waals surface area contributed by atoms with Crippen LogP contribution in [0.15, 0.2) is 53.6 Å². The lowest BCUT2D eigenvalue weighted by Crippen LogP contribution is -2.28. The number of carbonyl (C=O) groups is 1. The summed E-state index contributed by atoms with van der Waals surface area (Å²) in [5.74, 6) is -2.44. The third kappa shape index (κ3) is 4.04. The van der Waals surface area contributed by atoms with Gasteiger partial charge in [0.05, 0.1) is 6.54 Å². The Bertz CT molecular complexity index is 1280. The van der Waals surface area contributed by atoms with Crippen molar-refractivity contribution in [3.8, 4) is 0 Å². The Hall–Kier alpha value is -4.02. The Morgan fingerprint density at radius 1 is 1.00 bits per heavy atom. The van der Waals surface area contributed by atoms with Gasteiger partial charge in [0.15, 0.2) is 11.2 Å². The predicted molar refractivity (Wildman–Crippen MR) is 100 cm³/mol. The van der Waals surface area contributed by atoms with Crippen LogP contribution in [0.5, 0.6) is 0 Å². The molecule has 152 valence electrons. The van der Waals surface area contributed by atoms with Crippen LogP contribution in [0.25, 0.3) is 11.2 Å². The van der Waals surface area contributed by atoms with E-state index in [1.165, 1.54) is 28.9 Å². The van der Waals surface area contributed by atoms with E-state index in [-0.39, 0.29) is 29.8 Å². The van der Waals surface area contributed by atoms with Gasteiger partial charge in [0, 0.05) is 11.8 Å². The smallest absolute Gasteiger partial charge is 0.283 e. The van der Waals surface area contributed by atoms with E-state index in [1.807, 2.05) is 0 Å². The van der Waals surface area contributed by atoms with Gasteiger partial charge in [-0.2, -0.15) is 0 Å². The highest BCUT2D eigenvalue weighted by molar-refractivity contribution is 5.90. The van der Waals surface area contributed by atoms with E-state index in [0.29, 0.717) is 5.69 Å². The van der Waals surface area contributed by atoms with Crippen molar-refractivity contribution in [1.29, 1.82) is 0 Å². The molecular weight excluding hydrogens is 401 g/mol. The van der Waals surface area contributed by atoms with Gasteiger partial charge in [-0.15, -0.1) is 5.10 Å². The number of anilines is 1. The van der Waals surface area contributed by atoms with E-state index in [9.17, 15) is 22.8 Å². The van der Waals surface area contributed by atoms with E-state index in [1.54, 1.807) is 0 Å². The molecule has 1 amide bonds. The second-order valence-corrected chi connectivity index (χ2v) is 6.43. The van der Waals surface area contributed by atoms with Crippen LogP contribution >= 0.6 is 0 Å². The summed E-state index contributed by atoms with van der Waals surface area (Å²) in [7, 11) is 0. The Kier molecular flexibility index (Phi) is 5.00. The minimum Gasteiger partial charge on any atom is -0.325 e. The topological polar surface area (TPSA) is 94.7 Å². The average Bonchev–Trinajstić information content (AvgIpc) is 3.08. The van der Waals surface area contributed by atoms with Crippen molar-refractivity contribution in [3.63, 3.8) is 0 Å². The lowest BCUT2D eigenvalue weighted by Gasteiger charge is -2.07. The van der Waals surface area contributed by atoms with E-state index in [4.69, 9.17) is 0 Å². The fraction of sp³-hybridized carbons (Fsp3) is 0.105. The first-order chi connectivity index (χ1) is 14.4. The Morgan fingerprint density at radius 2 is 1.70 bits per heavy atom. The zero-order chi connectivity index (χ0) is 21.3. The summed E-state index contributed by atoms with van der Waals surface area (Å²) >= 11 is 0. The summed E-state index contributed by atoms with van der Waals surface area (Å²) in [5.41, 5.74) is 0.0652. The lowest BCUT2D eigenvalue weighted by molar-refractivity contribution is -0.116. The van der Waals surface area contributed by atoms with Crippen molar-refractivity contribution >= 4 is 22.8 Å². The van der Waals surface area contributed by atoms with Gasteiger partial charge in [-0.05, 0) is 42.0 Å². The maximum Gasteiger partial charge on any atom is 0.283 e. The quantitative estimate of drug-likeness (QED) is 0.540. The fourth-order valence-corrected chi connectivity index (χ4v) is 2.87. The maximum atomic E-state index is 13.4. The minimum absolute atomic E-state index is 0.0489. The van der Waals surface area contributed by atoms with Gasteiger partial charge < -0.3 is 5.32 Å². The van der Waals surface area contributed by atoms with E-state index < -0.39 is 28.9 Å².